The van der Waals surface area contributed by atoms with Gasteiger partial charge in [0.2, 0.25) is 11.8 Å². The lowest BCUT2D eigenvalue weighted by Gasteiger charge is -2.50. The van der Waals surface area contributed by atoms with Gasteiger partial charge in [-0.25, -0.2) is 0 Å². The van der Waals surface area contributed by atoms with Crippen molar-refractivity contribution in [3.8, 4) is 0 Å². The van der Waals surface area contributed by atoms with E-state index in [1.807, 2.05) is 65.6 Å². The van der Waals surface area contributed by atoms with Gasteiger partial charge in [0.25, 0.3) is 5.91 Å². The van der Waals surface area contributed by atoms with Crippen LogP contribution in [0.5, 0.6) is 0 Å². The normalized spacial score (nSPS) is 20.9. The molecule has 3 aliphatic rings. The fourth-order valence-electron chi connectivity index (χ4n) is 6.93. The third kappa shape index (κ3) is 5.87. The highest BCUT2D eigenvalue weighted by molar-refractivity contribution is 5.97. The van der Waals surface area contributed by atoms with Crippen molar-refractivity contribution in [1.29, 1.82) is 0 Å². The Hall–Kier alpha value is -4.79. The van der Waals surface area contributed by atoms with E-state index in [1.54, 1.807) is 28.2 Å². The maximum absolute atomic E-state index is 13.8. The quantitative estimate of drug-likeness (QED) is 0.320. The number of hydrogen-bond donors (Lipinski definition) is 1. The van der Waals surface area contributed by atoms with E-state index in [0.717, 1.165) is 17.7 Å². The lowest BCUT2D eigenvalue weighted by atomic mass is 9.71. The average molecular weight is 603 g/mol. The number of pyridine rings is 1. The zero-order valence-electron chi connectivity index (χ0n) is 25.7. The molecule has 2 aromatic heterocycles. The van der Waals surface area contributed by atoms with Crippen LogP contribution >= 0.6 is 0 Å². The van der Waals surface area contributed by atoms with Gasteiger partial charge in [-0.05, 0) is 35.1 Å². The van der Waals surface area contributed by atoms with E-state index in [4.69, 9.17) is 0 Å². The first-order chi connectivity index (χ1) is 21.7. The summed E-state index contributed by atoms with van der Waals surface area (Å²) in [5.74, 6) is -0.557. The number of amides is 3. The molecule has 45 heavy (non-hydrogen) atoms. The molecular weight excluding hydrogens is 564 g/mol. The van der Waals surface area contributed by atoms with Gasteiger partial charge in [-0.2, -0.15) is 5.10 Å². The molecule has 230 valence electrons. The summed E-state index contributed by atoms with van der Waals surface area (Å²) in [4.78, 5) is 49.0. The van der Waals surface area contributed by atoms with Crippen LogP contribution in [0, 0.1) is 22.7 Å². The highest BCUT2D eigenvalue weighted by Crippen LogP contribution is 2.54. The average Bonchev–Trinajstić information content (AvgIpc) is 3.34. The number of nitrogens with one attached hydrogen (secondary N) is 1. The van der Waals surface area contributed by atoms with Crippen LogP contribution in [0.1, 0.15) is 47.4 Å². The molecule has 1 unspecified atom stereocenters. The number of likely N-dealkylation sites (tertiary alicyclic amines) is 2. The third-order valence-corrected chi connectivity index (χ3v) is 9.77. The van der Waals surface area contributed by atoms with Crippen molar-refractivity contribution in [2.45, 2.75) is 33.2 Å². The van der Waals surface area contributed by atoms with Crippen LogP contribution in [0.25, 0.3) is 0 Å². The van der Waals surface area contributed by atoms with Crippen LogP contribution in [0.2, 0.25) is 0 Å². The van der Waals surface area contributed by atoms with Crippen molar-refractivity contribution in [1.82, 2.24) is 24.6 Å². The fraction of sp³-hybridized carbons (Fsp3) is 0.361. The van der Waals surface area contributed by atoms with Crippen LogP contribution < -0.4 is 5.32 Å². The molecule has 0 bridgehead atoms. The predicted molar refractivity (Wildman–Crippen MR) is 170 cm³/mol. The van der Waals surface area contributed by atoms with E-state index in [0.29, 0.717) is 43.9 Å². The van der Waals surface area contributed by atoms with Gasteiger partial charge in [-0.3, -0.25) is 24.0 Å². The standard InChI is InChI=1S/C36H38N6O3/c1-35(2)16-30(35)34(45)41-23-36(24-41)22-40(33(44)27-17-38-42(20-27)19-26-11-7-4-8-12-26)21-31(36)32(43)39-29-14-13-28(37-18-29)15-25-9-5-3-6-10-25/h3-14,17-18,20,30-31H,15-16,19,21-24H2,1-2H3,(H,39,43)/t30-,31?/m1/s1. The van der Waals surface area contributed by atoms with Crippen LogP contribution in [-0.4, -0.2) is 68.5 Å². The van der Waals surface area contributed by atoms with Gasteiger partial charge in [0.05, 0.1) is 36.1 Å². The molecule has 2 aliphatic heterocycles. The summed E-state index contributed by atoms with van der Waals surface area (Å²) in [6.07, 6.45) is 6.66. The number of nitrogens with zero attached hydrogens (tertiary/aromatic N) is 5. The van der Waals surface area contributed by atoms with Crippen molar-refractivity contribution in [2.75, 3.05) is 31.5 Å². The molecule has 1 N–H and O–H groups in total. The molecule has 0 radical (unpaired) electrons. The molecule has 9 heteroatoms. The van der Waals surface area contributed by atoms with Gasteiger partial charge < -0.3 is 15.1 Å². The van der Waals surface area contributed by atoms with Crippen molar-refractivity contribution in [2.24, 2.45) is 22.7 Å². The molecule has 3 amide bonds. The molecule has 2 saturated heterocycles. The van der Waals surface area contributed by atoms with E-state index < -0.39 is 11.3 Å². The summed E-state index contributed by atoms with van der Waals surface area (Å²) in [7, 11) is 0. The molecule has 1 spiro atoms. The Bertz CT molecular complexity index is 1710. The number of carbonyl (C=O) groups excluding carboxylic acids is 3. The Morgan fingerprint density at radius 1 is 0.844 bits per heavy atom. The number of hydrogen-bond acceptors (Lipinski definition) is 5. The first-order valence-corrected chi connectivity index (χ1v) is 15.6. The topological polar surface area (TPSA) is 100 Å². The van der Waals surface area contributed by atoms with Crippen LogP contribution in [-0.2, 0) is 22.6 Å². The zero-order valence-corrected chi connectivity index (χ0v) is 25.7. The lowest BCUT2D eigenvalue weighted by molar-refractivity contribution is -0.150. The Kier molecular flexibility index (Phi) is 7.26. The second-order valence-electron chi connectivity index (χ2n) is 13.6. The molecule has 2 atom stereocenters. The Morgan fingerprint density at radius 3 is 2.16 bits per heavy atom. The number of benzene rings is 2. The van der Waals surface area contributed by atoms with Gasteiger partial charge in [0, 0.05) is 55.8 Å². The van der Waals surface area contributed by atoms with E-state index in [1.165, 1.54) is 5.56 Å². The molecule has 2 aromatic carbocycles. The number of aromatic nitrogens is 3. The van der Waals surface area contributed by atoms with Crippen LogP contribution in [0.15, 0.2) is 91.4 Å². The smallest absolute Gasteiger partial charge is 0.257 e. The van der Waals surface area contributed by atoms with Gasteiger partial charge in [-0.1, -0.05) is 74.5 Å². The molecule has 4 heterocycles. The third-order valence-electron chi connectivity index (χ3n) is 9.77. The molecule has 1 saturated carbocycles. The Morgan fingerprint density at radius 2 is 1.51 bits per heavy atom. The van der Waals surface area contributed by atoms with E-state index in [-0.39, 0.29) is 35.6 Å². The first kappa shape index (κ1) is 29.0. The minimum Gasteiger partial charge on any atom is -0.341 e. The van der Waals surface area contributed by atoms with Crippen molar-refractivity contribution in [3.05, 3.63) is 114 Å². The first-order valence-electron chi connectivity index (χ1n) is 15.6. The summed E-state index contributed by atoms with van der Waals surface area (Å²) in [6, 6.07) is 23.9. The second-order valence-corrected chi connectivity index (χ2v) is 13.6. The summed E-state index contributed by atoms with van der Waals surface area (Å²) in [5.41, 5.74) is 3.83. The molecule has 1 aliphatic carbocycles. The van der Waals surface area contributed by atoms with Gasteiger partial charge in [-0.15, -0.1) is 0 Å². The monoisotopic (exact) mass is 602 g/mol. The molecular formula is C36H38N6O3. The predicted octanol–water partition coefficient (Wildman–Crippen LogP) is 4.50. The maximum Gasteiger partial charge on any atom is 0.257 e. The van der Waals surface area contributed by atoms with Crippen LogP contribution in [0.3, 0.4) is 0 Å². The van der Waals surface area contributed by atoms with E-state index >= 15 is 0 Å². The maximum atomic E-state index is 13.8. The van der Waals surface area contributed by atoms with Gasteiger partial charge in [0.1, 0.15) is 0 Å². The molecule has 3 fully saturated rings. The van der Waals surface area contributed by atoms with Crippen molar-refractivity contribution >= 4 is 23.4 Å². The molecule has 9 nitrogen and oxygen atoms in total. The van der Waals surface area contributed by atoms with E-state index in [9.17, 15) is 14.4 Å². The lowest BCUT2D eigenvalue weighted by Crippen LogP contribution is -2.64. The summed E-state index contributed by atoms with van der Waals surface area (Å²) in [6.45, 7) is 6.45. The second kappa shape index (κ2) is 11.3. The van der Waals surface area contributed by atoms with Crippen LogP contribution in [0.4, 0.5) is 5.69 Å². The van der Waals surface area contributed by atoms with Crippen molar-refractivity contribution < 1.29 is 14.4 Å². The number of carbonyl (C=O) groups is 3. The minimum absolute atomic E-state index is 0.0356. The van der Waals surface area contributed by atoms with E-state index in [2.05, 4.69) is 41.4 Å². The fourth-order valence-corrected chi connectivity index (χ4v) is 6.93. The molecule has 4 aromatic rings. The largest absolute Gasteiger partial charge is 0.341 e. The number of rotatable bonds is 8. The minimum atomic E-state index is -0.491. The SMILES string of the molecule is CC1(C)C[C@@H]1C(=O)N1CC2(CN(C(=O)c3cnn(Cc4ccccc4)c3)CC2C(=O)Nc2ccc(Cc3ccccc3)nc2)C1. The Labute approximate surface area is 263 Å². The van der Waals surface area contributed by atoms with Gasteiger partial charge >= 0.3 is 0 Å². The summed E-state index contributed by atoms with van der Waals surface area (Å²) >= 11 is 0. The summed E-state index contributed by atoms with van der Waals surface area (Å²) in [5, 5.41) is 7.48. The molecule has 7 rings (SSSR count). The Balaban J connectivity index is 1.06. The van der Waals surface area contributed by atoms with Gasteiger partial charge in [0.15, 0.2) is 0 Å². The van der Waals surface area contributed by atoms with Crippen molar-refractivity contribution in [3.63, 3.8) is 0 Å². The highest BCUT2D eigenvalue weighted by atomic mass is 16.2. The summed E-state index contributed by atoms with van der Waals surface area (Å²) < 4.78 is 1.76. The zero-order chi connectivity index (χ0) is 31.2. The number of anilines is 1. The highest BCUT2D eigenvalue weighted by Gasteiger charge is 2.61.